The predicted octanol–water partition coefficient (Wildman–Crippen LogP) is 2.56. The highest BCUT2D eigenvalue weighted by atomic mass is 16.3. The largest absolute Gasteiger partial charge is 0.468 e. The Morgan fingerprint density at radius 3 is 2.82 bits per heavy atom. The van der Waals surface area contributed by atoms with Crippen LogP contribution < -0.4 is 4.90 Å². The fourth-order valence-electron chi connectivity index (χ4n) is 3.95. The van der Waals surface area contributed by atoms with Gasteiger partial charge in [-0.3, -0.25) is 4.90 Å². The highest BCUT2D eigenvalue weighted by Crippen LogP contribution is 2.40. The van der Waals surface area contributed by atoms with Crippen molar-refractivity contribution in [2.75, 3.05) is 31.1 Å². The zero-order valence-electron chi connectivity index (χ0n) is 12.8. The number of furan rings is 1. The first-order valence-electron chi connectivity index (χ1n) is 8.10. The van der Waals surface area contributed by atoms with E-state index >= 15 is 0 Å². The molecule has 2 aromatic heterocycles. The Hall–Kier alpha value is -1.88. The third kappa shape index (κ3) is 2.73. The molecular weight excluding hydrogens is 276 g/mol. The van der Waals surface area contributed by atoms with Gasteiger partial charge >= 0.3 is 0 Å². The fourth-order valence-corrected chi connectivity index (χ4v) is 3.95. The predicted molar refractivity (Wildman–Crippen MR) is 84.5 cm³/mol. The molecule has 2 aliphatic heterocycles. The zero-order chi connectivity index (χ0) is 14.8. The summed E-state index contributed by atoms with van der Waals surface area (Å²) in [7, 11) is 0. The van der Waals surface area contributed by atoms with E-state index < -0.39 is 0 Å². The van der Waals surface area contributed by atoms with Crippen LogP contribution in [0, 0.1) is 5.41 Å². The Kier molecular flexibility index (Phi) is 3.58. The van der Waals surface area contributed by atoms with Crippen molar-refractivity contribution >= 4 is 5.95 Å². The van der Waals surface area contributed by atoms with E-state index in [1.807, 2.05) is 24.5 Å². The van der Waals surface area contributed by atoms with Crippen molar-refractivity contribution < 1.29 is 4.42 Å². The van der Waals surface area contributed by atoms with Crippen LogP contribution in [0.5, 0.6) is 0 Å². The molecule has 0 N–H and O–H groups in total. The number of likely N-dealkylation sites (tertiary alicyclic amines) is 1. The highest BCUT2D eigenvalue weighted by Gasteiger charge is 2.41. The standard InChI is InChI=1S/C17H22N4O/c1-4-15(22-11-1)12-20-10-6-17(13-20)5-2-9-21(14-17)16-18-7-3-8-19-16/h1,3-4,7-8,11H,2,5-6,9-10,12-14H2. The van der Waals surface area contributed by atoms with E-state index in [4.69, 9.17) is 4.42 Å². The molecule has 0 aromatic carbocycles. The van der Waals surface area contributed by atoms with E-state index in [9.17, 15) is 0 Å². The van der Waals surface area contributed by atoms with E-state index in [-0.39, 0.29) is 0 Å². The van der Waals surface area contributed by atoms with Crippen LogP contribution in [0.3, 0.4) is 0 Å². The molecule has 1 atom stereocenters. The minimum absolute atomic E-state index is 0.393. The number of aromatic nitrogens is 2. The Labute approximate surface area is 131 Å². The second-order valence-electron chi connectivity index (χ2n) is 6.61. The third-order valence-corrected chi connectivity index (χ3v) is 4.97. The summed E-state index contributed by atoms with van der Waals surface area (Å²) in [6.07, 6.45) is 9.23. The van der Waals surface area contributed by atoms with Crippen molar-refractivity contribution in [3.8, 4) is 0 Å². The molecule has 0 bridgehead atoms. The molecule has 2 aromatic rings. The van der Waals surface area contributed by atoms with Crippen molar-refractivity contribution in [2.24, 2.45) is 5.41 Å². The van der Waals surface area contributed by atoms with Crippen molar-refractivity contribution in [3.05, 3.63) is 42.6 Å². The van der Waals surface area contributed by atoms with Gasteiger partial charge < -0.3 is 9.32 Å². The third-order valence-electron chi connectivity index (χ3n) is 4.97. The van der Waals surface area contributed by atoms with Gasteiger partial charge in [-0.25, -0.2) is 9.97 Å². The van der Waals surface area contributed by atoms with Gasteiger partial charge in [-0.2, -0.15) is 0 Å². The lowest BCUT2D eigenvalue weighted by Crippen LogP contribution is -2.45. The normalized spacial score (nSPS) is 25.9. The first-order chi connectivity index (χ1) is 10.8. The van der Waals surface area contributed by atoms with Crippen molar-refractivity contribution in [1.29, 1.82) is 0 Å². The molecule has 4 rings (SSSR count). The molecule has 0 aliphatic carbocycles. The van der Waals surface area contributed by atoms with Gasteiger partial charge in [0.05, 0.1) is 12.8 Å². The number of nitrogens with zero attached hydrogens (tertiary/aromatic N) is 4. The van der Waals surface area contributed by atoms with Crippen LogP contribution in [0.25, 0.3) is 0 Å². The maximum absolute atomic E-state index is 5.49. The van der Waals surface area contributed by atoms with Crippen LogP contribution >= 0.6 is 0 Å². The van der Waals surface area contributed by atoms with Crippen LogP contribution in [-0.2, 0) is 6.54 Å². The zero-order valence-corrected chi connectivity index (χ0v) is 12.8. The topological polar surface area (TPSA) is 45.4 Å². The molecule has 2 saturated heterocycles. The monoisotopic (exact) mass is 298 g/mol. The van der Waals surface area contributed by atoms with Gasteiger partial charge in [0, 0.05) is 37.4 Å². The van der Waals surface area contributed by atoms with Crippen molar-refractivity contribution in [2.45, 2.75) is 25.8 Å². The molecule has 2 fully saturated rings. The molecule has 22 heavy (non-hydrogen) atoms. The quantitative estimate of drug-likeness (QED) is 0.871. The van der Waals surface area contributed by atoms with Gasteiger partial charge in [-0.1, -0.05) is 0 Å². The molecule has 1 spiro atoms. The van der Waals surface area contributed by atoms with Gasteiger partial charge in [0.2, 0.25) is 5.95 Å². The molecule has 116 valence electrons. The lowest BCUT2D eigenvalue weighted by molar-refractivity contribution is 0.208. The van der Waals surface area contributed by atoms with E-state index in [2.05, 4.69) is 25.8 Å². The van der Waals surface area contributed by atoms with Crippen LogP contribution in [0.1, 0.15) is 25.0 Å². The van der Waals surface area contributed by atoms with E-state index in [1.54, 1.807) is 6.26 Å². The number of anilines is 1. The highest BCUT2D eigenvalue weighted by molar-refractivity contribution is 5.30. The van der Waals surface area contributed by atoms with Crippen LogP contribution in [0.2, 0.25) is 0 Å². The number of hydrogen-bond acceptors (Lipinski definition) is 5. The number of piperidine rings is 1. The first-order valence-corrected chi connectivity index (χ1v) is 8.10. The average Bonchev–Trinajstić information content (AvgIpc) is 3.20. The Balaban J connectivity index is 1.43. The molecule has 2 aliphatic rings. The molecule has 1 unspecified atom stereocenters. The van der Waals surface area contributed by atoms with Gasteiger partial charge in [0.1, 0.15) is 5.76 Å². The molecule has 0 amide bonds. The smallest absolute Gasteiger partial charge is 0.225 e. The van der Waals surface area contributed by atoms with E-state index in [0.717, 1.165) is 44.4 Å². The average molecular weight is 298 g/mol. The lowest BCUT2D eigenvalue weighted by Gasteiger charge is -2.40. The van der Waals surface area contributed by atoms with Crippen LogP contribution in [-0.4, -0.2) is 41.0 Å². The summed E-state index contributed by atoms with van der Waals surface area (Å²) < 4.78 is 5.49. The number of hydrogen-bond donors (Lipinski definition) is 0. The Bertz CT molecular complexity index is 600. The second kappa shape index (κ2) is 5.72. The van der Waals surface area contributed by atoms with Gasteiger partial charge in [-0.05, 0) is 44.0 Å². The summed E-state index contributed by atoms with van der Waals surface area (Å²) >= 11 is 0. The number of rotatable bonds is 3. The maximum atomic E-state index is 5.49. The Morgan fingerprint density at radius 1 is 1.09 bits per heavy atom. The summed E-state index contributed by atoms with van der Waals surface area (Å²) in [4.78, 5) is 13.7. The summed E-state index contributed by atoms with van der Waals surface area (Å²) in [6.45, 7) is 5.38. The second-order valence-corrected chi connectivity index (χ2v) is 6.61. The van der Waals surface area contributed by atoms with Gasteiger partial charge in [0.25, 0.3) is 0 Å². The molecular formula is C17H22N4O. The van der Waals surface area contributed by atoms with Gasteiger partial charge in [-0.15, -0.1) is 0 Å². The van der Waals surface area contributed by atoms with Crippen LogP contribution in [0.15, 0.2) is 41.3 Å². The summed E-state index contributed by atoms with van der Waals surface area (Å²) in [5.41, 5.74) is 0.393. The summed E-state index contributed by atoms with van der Waals surface area (Å²) in [5.74, 6) is 1.95. The van der Waals surface area contributed by atoms with Crippen molar-refractivity contribution in [1.82, 2.24) is 14.9 Å². The van der Waals surface area contributed by atoms with Gasteiger partial charge in [0.15, 0.2) is 0 Å². The summed E-state index contributed by atoms with van der Waals surface area (Å²) in [6, 6.07) is 5.91. The molecule has 5 nitrogen and oxygen atoms in total. The van der Waals surface area contributed by atoms with E-state index in [0.29, 0.717) is 5.41 Å². The molecule has 5 heteroatoms. The molecule has 0 radical (unpaired) electrons. The van der Waals surface area contributed by atoms with Crippen LogP contribution in [0.4, 0.5) is 5.95 Å². The molecule has 0 saturated carbocycles. The minimum Gasteiger partial charge on any atom is -0.468 e. The summed E-state index contributed by atoms with van der Waals surface area (Å²) in [5, 5.41) is 0. The van der Waals surface area contributed by atoms with Crippen molar-refractivity contribution in [3.63, 3.8) is 0 Å². The lowest BCUT2D eigenvalue weighted by atomic mass is 9.79. The van der Waals surface area contributed by atoms with E-state index in [1.165, 1.54) is 19.3 Å². The molecule has 4 heterocycles. The SMILES string of the molecule is c1cnc(N2CCCC3(CCN(Cc4ccco4)C3)C2)nc1. The first kappa shape index (κ1) is 13.8. The fraction of sp³-hybridized carbons (Fsp3) is 0.529. The Morgan fingerprint density at radius 2 is 2.00 bits per heavy atom. The minimum atomic E-state index is 0.393. The maximum Gasteiger partial charge on any atom is 0.225 e.